The second kappa shape index (κ2) is 6.43. The fourth-order valence-corrected chi connectivity index (χ4v) is 3.80. The van der Waals surface area contributed by atoms with Crippen molar-refractivity contribution in [2.45, 2.75) is 57.4 Å². The molecule has 2 heteroatoms. The number of piperidine rings is 1. The first-order valence-electron chi connectivity index (χ1n) is 8.21. The molecule has 1 saturated carbocycles. The summed E-state index contributed by atoms with van der Waals surface area (Å²) >= 11 is 0. The topological polar surface area (TPSA) is 20.3 Å². The molecule has 2 fully saturated rings. The Bertz CT molecular complexity index is 436. The summed E-state index contributed by atoms with van der Waals surface area (Å²) in [5.41, 5.74) is 1.32. The third kappa shape index (κ3) is 2.89. The fourth-order valence-electron chi connectivity index (χ4n) is 3.80. The van der Waals surface area contributed by atoms with Gasteiger partial charge in [0.1, 0.15) is 0 Å². The maximum Gasteiger partial charge on any atom is 0.226 e. The molecule has 1 aliphatic heterocycles. The van der Waals surface area contributed by atoms with Gasteiger partial charge in [-0.2, -0.15) is 0 Å². The van der Waals surface area contributed by atoms with Gasteiger partial charge in [0.05, 0.1) is 6.04 Å². The van der Waals surface area contributed by atoms with E-state index in [1.807, 2.05) is 0 Å². The van der Waals surface area contributed by atoms with Crippen molar-refractivity contribution in [2.75, 3.05) is 6.54 Å². The van der Waals surface area contributed by atoms with E-state index >= 15 is 0 Å². The molecular weight excluding hydrogens is 246 g/mol. The standard InChI is InChI=1S/C18H25NO/c20-18(16-11-5-2-6-12-16)19-14-8-7-13-17(19)15-9-3-1-4-10-15/h1,3-4,9-10,16-17H,2,5-8,11-14H2. The van der Waals surface area contributed by atoms with Crippen LogP contribution in [-0.2, 0) is 4.79 Å². The van der Waals surface area contributed by atoms with E-state index in [0.717, 1.165) is 25.8 Å². The van der Waals surface area contributed by atoms with Gasteiger partial charge in [0.2, 0.25) is 5.91 Å². The minimum atomic E-state index is 0.299. The van der Waals surface area contributed by atoms with E-state index in [9.17, 15) is 4.79 Å². The number of hydrogen-bond donors (Lipinski definition) is 0. The molecule has 1 aliphatic carbocycles. The first kappa shape index (κ1) is 13.7. The number of carbonyl (C=O) groups is 1. The Kier molecular flexibility index (Phi) is 4.39. The monoisotopic (exact) mass is 271 g/mol. The molecule has 1 aromatic rings. The Morgan fingerprint density at radius 3 is 2.35 bits per heavy atom. The number of hydrogen-bond acceptors (Lipinski definition) is 1. The number of rotatable bonds is 2. The molecule has 2 nitrogen and oxygen atoms in total. The Morgan fingerprint density at radius 2 is 1.60 bits per heavy atom. The van der Waals surface area contributed by atoms with Crippen LogP contribution in [0.25, 0.3) is 0 Å². The van der Waals surface area contributed by atoms with Crippen LogP contribution in [-0.4, -0.2) is 17.4 Å². The van der Waals surface area contributed by atoms with Crippen LogP contribution in [0.15, 0.2) is 30.3 Å². The van der Waals surface area contributed by atoms with Crippen molar-refractivity contribution in [3.63, 3.8) is 0 Å². The summed E-state index contributed by atoms with van der Waals surface area (Å²) in [6.07, 6.45) is 9.54. The van der Waals surface area contributed by atoms with Crippen LogP contribution in [0.3, 0.4) is 0 Å². The van der Waals surface area contributed by atoms with Gasteiger partial charge >= 0.3 is 0 Å². The minimum Gasteiger partial charge on any atom is -0.335 e. The largest absolute Gasteiger partial charge is 0.335 e. The smallest absolute Gasteiger partial charge is 0.226 e. The lowest BCUT2D eigenvalue weighted by Crippen LogP contribution is -2.42. The van der Waals surface area contributed by atoms with Crippen LogP contribution in [0.2, 0.25) is 0 Å². The second-order valence-electron chi connectivity index (χ2n) is 6.29. The van der Waals surface area contributed by atoms with Gasteiger partial charge in [-0.3, -0.25) is 4.79 Å². The zero-order valence-electron chi connectivity index (χ0n) is 12.3. The maximum absolute atomic E-state index is 12.9. The van der Waals surface area contributed by atoms with E-state index < -0.39 is 0 Å². The summed E-state index contributed by atoms with van der Waals surface area (Å²) in [4.78, 5) is 15.1. The van der Waals surface area contributed by atoms with Crippen LogP contribution < -0.4 is 0 Å². The summed E-state index contributed by atoms with van der Waals surface area (Å²) in [6.45, 7) is 0.953. The zero-order chi connectivity index (χ0) is 13.8. The first-order chi connectivity index (χ1) is 9.86. The van der Waals surface area contributed by atoms with Crippen molar-refractivity contribution < 1.29 is 4.79 Å². The highest BCUT2D eigenvalue weighted by atomic mass is 16.2. The molecule has 0 N–H and O–H groups in total. The summed E-state index contributed by atoms with van der Waals surface area (Å²) in [6, 6.07) is 10.9. The van der Waals surface area contributed by atoms with Crippen molar-refractivity contribution in [3.05, 3.63) is 35.9 Å². The fraction of sp³-hybridized carbons (Fsp3) is 0.611. The number of amides is 1. The van der Waals surface area contributed by atoms with Gasteiger partial charge in [-0.1, -0.05) is 49.6 Å². The van der Waals surface area contributed by atoms with E-state index in [4.69, 9.17) is 0 Å². The molecule has 1 atom stereocenters. The second-order valence-corrected chi connectivity index (χ2v) is 6.29. The summed E-state index contributed by atoms with van der Waals surface area (Å²) in [5.74, 6) is 0.728. The zero-order valence-corrected chi connectivity index (χ0v) is 12.3. The average Bonchev–Trinajstić information content (AvgIpc) is 2.56. The molecule has 1 heterocycles. The summed E-state index contributed by atoms with van der Waals surface area (Å²) in [7, 11) is 0. The molecule has 1 unspecified atom stereocenters. The normalized spacial score (nSPS) is 24.6. The Hall–Kier alpha value is -1.31. The third-order valence-electron chi connectivity index (χ3n) is 4.92. The molecule has 0 radical (unpaired) electrons. The molecule has 3 rings (SSSR count). The molecule has 20 heavy (non-hydrogen) atoms. The van der Waals surface area contributed by atoms with Crippen LogP contribution in [0.1, 0.15) is 63.0 Å². The highest BCUT2D eigenvalue weighted by Crippen LogP contribution is 2.34. The van der Waals surface area contributed by atoms with Gasteiger partial charge in [-0.05, 0) is 37.7 Å². The molecular formula is C18H25NO. The van der Waals surface area contributed by atoms with Crippen LogP contribution in [0.5, 0.6) is 0 Å². The van der Waals surface area contributed by atoms with E-state index in [1.165, 1.54) is 37.7 Å². The van der Waals surface area contributed by atoms with Crippen LogP contribution >= 0.6 is 0 Å². The van der Waals surface area contributed by atoms with Crippen LogP contribution in [0.4, 0.5) is 0 Å². The summed E-state index contributed by atoms with van der Waals surface area (Å²) in [5, 5.41) is 0. The molecule has 0 aromatic heterocycles. The van der Waals surface area contributed by atoms with E-state index in [0.29, 0.717) is 17.9 Å². The van der Waals surface area contributed by atoms with Gasteiger partial charge in [-0.15, -0.1) is 0 Å². The lowest BCUT2D eigenvalue weighted by Gasteiger charge is -2.39. The molecule has 0 spiro atoms. The van der Waals surface area contributed by atoms with Crippen molar-refractivity contribution in [1.29, 1.82) is 0 Å². The number of carbonyl (C=O) groups excluding carboxylic acids is 1. The van der Waals surface area contributed by atoms with Gasteiger partial charge in [0, 0.05) is 12.5 Å². The van der Waals surface area contributed by atoms with E-state index in [1.54, 1.807) is 0 Å². The number of benzene rings is 1. The maximum atomic E-state index is 12.9. The molecule has 0 bridgehead atoms. The average molecular weight is 271 g/mol. The SMILES string of the molecule is O=C(C1CCCCC1)N1CCCCC1c1ccccc1. The summed E-state index contributed by atoms with van der Waals surface area (Å²) < 4.78 is 0. The Labute approximate surface area is 122 Å². The van der Waals surface area contributed by atoms with E-state index in [2.05, 4.69) is 35.2 Å². The molecule has 1 aromatic carbocycles. The van der Waals surface area contributed by atoms with Crippen molar-refractivity contribution >= 4 is 5.91 Å². The van der Waals surface area contributed by atoms with E-state index in [-0.39, 0.29) is 0 Å². The van der Waals surface area contributed by atoms with Gasteiger partial charge < -0.3 is 4.90 Å². The van der Waals surface area contributed by atoms with Crippen molar-refractivity contribution in [1.82, 2.24) is 4.90 Å². The molecule has 2 aliphatic rings. The highest BCUT2D eigenvalue weighted by Gasteiger charge is 2.32. The van der Waals surface area contributed by atoms with Gasteiger partial charge in [-0.25, -0.2) is 0 Å². The predicted molar refractivity (Wildman–Crippen MR) is 81.3 cm³/mol. The lowest BCUT2D eigenvalue weighted by atomic mass is 9.86. The quantitative estimate of drug-likeness (QED) is 0.784. The molecule has 108 valence electrons. The predicted octanol–water partition coefficient (Wildman–Crippen LogP) is 4.32. The first-order valence-corrected chi connectivity index (χ1v) is 8.21. The van der Waals surface area contributed by atoms with Gasteiger partial charge in [0.15, 0.2) is 0 Å². The molecule has 1 saturated heterocycles. The highest BCUT2D eigenvalue weighted by molar-refractivity contribution is 5.79. The number of likely N-dealkylation sites (tertiary alicyclic amines) is 1. The Balaban J connectivity index is 1.76. The number of nitrogens with zero attached hydrogens (tertiary/aromatic N) is 1. The third-order valence-corrected chi connectivity index (χ3v) is 4.92. The van der Waals surface area contributed by atoms with Crippen molar-refractivity contribution in [3.8, 4) is 0 Å². The molecule has 1 amide bonds. The Morgan fingerprint density at radius 1 is 0.900 bits per heavy atom. The van der Waals surface area contributed by atoms with Crippen LogP contribution in [0, 0.1) is 5.92 Å². The lowest BCUT2D eigenvalue weighted by molar-refractivity contribution is -0.140. The van der Waals surface area contributed by atoms with Gasteiger partial charge in [0.25, 0.3) is 0 Å². The minimum absolute atomic E-state index is 0.299. The van der Waals surface area contributed by atoms with Crippen molar-refractivity contribution in [2.24, 2.45) is 5.92 Å².